The average Bonchev–Trinajstić information content (AvgIpc) is 2.23. The molecule has 0 aromatic heterocycles. The number of para-hydroxylation sites is 1. The van der Waals surface area contributed by atoms with Gasteiger partial charge in [-0.05, 0) is 20.8 Å². The average molecular weight is 202 g/mol. The largest absolute Gasteiger partial charge is 0.493 e. The Balaban J connectivity index is 3.20. The number of ether oxygens (including phenoxy) is 1. The van der Waals surface area contributed by atoms with Crippen molar-refractivity contribution < 1.29 is 4.74 Å². The molecule has 0 aliphatic heterocycles. The summed E-state index contributed by atoms with van der Waals surface area (Å²) in [6.07, 6.45) is 8.19. The van der Waals surface area contributed by atoms with Gasteiger partial charge in [0.25, 0.3) is 0 Å². The van der Waals surface area contributed by atoms with E-state index >= 15 is 0 Å². The number of hydrogen-bond donors (Lipinski definition) is 0. The molecule has 0 saturated heterocycles. The van der Waals surface area contributed by atoms with Gasteiger partial charge in [0.2, 0.25) is 0 Å². The van der Waals surface area contributed by atoms with Crippen LogP contribution in [-0.2, 0) is 0 Å². The highest BCUT2D eigenvalue weighted by Gasteiger charge is 2.04. The molecular formula is C14H18O. The topological polar surface area (TPSA) is 9.23 Å². The molecule has 0 N–H and O–H groups in total. The highest BCUT2D eigenvalue weighted by molar-refractivity contribution is 5.67. The van der Waals surface area contributed by atoms with Gasteiger partial charge < -0.3 is 4.74 Å². The van der Waals surface area contributed by atoms with Gasteiger partial charge in [-0.15, -0.1) is 0 Å². The summed E-state index contributed by atoms with van der Waals surface area (Å²) >= 11 is 0. The van der Waals surface area contributed by atoms with E-state index in [0.717, 1.165) is 16.9 Å². The van der Waals surface area contributed by atoms with E-state index in [2.05, 4.69) is 24.3 Å². The lowest BCUT2D eigenvalue weighted by Gasteiger charge is -2.10. The maximum atomic E-state index is 5.67. The smallest absolute Gasteiger partial charge is 0.133 e. The molecule has 0 saturated carbocycles. The van der Waals surface area contributed by atoms with Crippen LogP contribution in [0.3, 0.4) is 0 Å². The molecule has 1 rings (SSSR count). The lowest BCUT2D eigenvalue weighted by Crippen LogP contribution is -1.96. The molecule has 0 aliphatic rings. The summed E-state index contributed by atoms with van der Waals surface area (Å²) in [4.78, 5) is 0. The minimum Gasteiger partial charge on any atom is -0.493 e. The Morgan fingerprint density at radius 1 is 1.07 bits per heavy atom. The molecule has 1 aromatic carbocycles. The van der Waals surface area contributed by atoms with Gasteiger partial charge in [-0.3, -0.25) is 0 Å². The first kappa shape index (κ1) is 11.6. The monoisotopic (exact) mass is 202 g/mol. The summed E-state index contributed by atoms with van der Waals surface area (Å²) < 4.78 is 5.67. The van der Waals surface area contributed by atoms with E-state index < -0.39 is 0 Å². The third kappa shape index (κ3) is 2.98. The molecule has 0 bridgehead atoms. The van der Waals surface area contributed by atoms with Crippen molar-refractivity contribution in [1.29, 1.82) is 0 Å². The number of rotatable bonds is 4. The lowest BCUT2D eigenvalue weighted by molar-refractivity contribution is 0.339. The molecule has 1 nitrogen and oxygen atoms in total. The van der Waals surface area contributed by atoms with Crippen LogP contribution in [0.25, 0.3) is 12.2 Å². The lowest BCUT2D eigenvalue weighted by atomic mass is 10.1. The molecule has 15 heavy (non-hydrogen) atoms. The van der Waals surface area contributed by atoms with Crippen LogP contribution in [0.5, 0.6) is 5.75 Å². The van der Waals surface area contributed by atoms with Crippen molar-refractivity contribution >= 4 is 12.2 Å². The Morgan fingerprint density at radius 2 is 1.60 bits per heavy atom. The maximum Gasteiger partial charge on any atom is 0.133 e. The fraction of sp³-hybridized carbons (Fsp3) is 0.286. The summed E-state index contributed by atoms with van der Waals surface area (Å²) in [7, 11) is 0. The standard InChI is InChI=1S/C14H18O/c1-4-8-12-10-7-11-13(9-5-2)14(12)15-6-3/h4-5,7-11H,6H2,1-3H3. The highest BCUT2D eigenvalue weighted by Crippen LogP contribution is 2.26. The van der Waals surface area contributed by atoms with Gasteiger partial charge in [-0.25, -0.2) is 0 Å². The first-order valence-corrected chi connectivity index (χ1v) is 5.34. The van der Waals surface area contributed by atoms with Crippen molar-refractivity contribution in [2.45, 2.75) is 20.8 Å². The molecule has 0 spiro atoms. The van der Waals surface area contributed by atoms with Crippen molar-refractivity contribution in [3.05, 3.63) is 41.5 Å². The Bertz CT molecular complexity index is 331. The van der Waals surface area contributed by atoms with E-state index in [1.54, 1.807) is 0 Å². The maximum absolute atomic E-state index is 5.67. The van der Waals surface area contributed by atoms with Crippen LogP contribution in [0.4, 0.5) is 0 Å². The van der Waals surface area contributed by atoms with Gasteiger partial charge in [-0.1, -0.05) is 42.5 Å². The SMILES string of the molecule is CC=Cc1cccc(C=CC)c1OCC. The molecule has 1 aromatic rings. The first-order valence-electron chi connectivity index (χ1n) is 5.34. The summed E-state index contributed by atoms with van der Waals surface area (Å²) in [5.74, 6) is 0.969. The molecule has 0 amide bonds. The van der Waals surface area contributed by atoms with Crippen LogP contribution in [-0.4, -0.2) is 6.61 Å². The summed E-state index contributed by atoms with van der Waals surface area (Å²) in [6, 6.07) is 6.18. The normalized spacial score (nSPS) is 11.4. The first-order chi connectivity index (χ1) is 7.33. The van der Waals surface area contributed by atoms with Crippen molar-refractivity contribution in [2.24, 2.45) is 0 Å². The third-order valence-electron chi connectivity index (χ3n) is 2.06. The molecular weight excluding hydrogens is 184 g/mol. The van der Waals surface area contributed by atoms with E-state index in [1.165, 1.54) is 0 Å². The second kappa shape index (κ2) is 6.07. The highest BCUT2D eigenvalue weighted by atomic mass is 16.5. The molecule has 0 aliphatic carbocycles. The van der Waals surface area contributed by atoms with E-state index in [1.807, 2.05) is 39.0 Å². The van der Waals surface area contributed by atoms with Crippen molar-refractivity contribution in [3.63, 3.8) is 0 Å². The zero-order valence-electron chi connectivity index (χ0n) is 9.66. The zero-order chi connectivity index (χ0) is 11.1. The van der Waals surface area contributed by atoms with Gasteiger partial charge in [0.15, 0.2) is 0 Å². The van der Waals surface area contributed by atoms with Crippen molar-refractivity contribution in [3.8, 4) is 5.75 Å². The molecule has 0 unspecified atom stereocenters. The molecule has 80 valence electrons. The second-order valence-corrected chi connectivity index (χ2v) is 3.20. The third-order valence-corrected chi connectivity index (χ3v) is 2.06. The van der Waals surface area contributed by atoms with Crippen LogP contribution in [0, 0.1) is 0 Å². The summed E-state index contributed by atoms with van der Waals surface area (Å²) in [5, 5.41) is 0. The Morgan fingerprint density at radius 3 is 2.00 bits per heavy atom. The van der Waals surface area contributed by atoms with Crippen LogP contribution in [0.1, 0.15) is 31.9 Å². The minimum atomic E-state index is 0.694. The van der Waals surface area contributed by atoms with Crippen molar-refractivity contribution in [1.82, 2.24) is 0 Å². The second-order valence-electron chi connectivity index (χ2n) is 3.20. The number of benzene rings is 1. The zero-order valence-corrected chi connectivity index (χ0v) is 9.66. The van der Waals surface area contributed by atoms with E-state index in [4.69, 9.17) is 4.74 Å². The predicted molar refractivity (Wildman–Crippen MR) is 67.0 cm³/mol. The van der Waals surface area contributed by atoms with E-state index in [0.29, 0.717) is 6.61 Å². The van der Waals surface area contributed by atoms with Gasteiger partial charge in [0, 0.05) is 11.1 Å². The van der Waals surface area contributed by atoms with Crippen molar-refractivity contribution in [2.75, 3.05) is 6.61 Å². The quantitative estimate of drug-likeness (QED) is 0.712. The van der Waals surface area contributed by atoms with E-state index in [9.17, 15) is 0 Å². The Kier molecular flexibility index (Phi) is 4.69. The molecule has 0 atom stereocenters. The Hall–Kier alpha value is -1.50. The van der Waals surface area contributed by atoms with Crippen LogP contribution in [0.2, 0.25) is 0 Å². The molecule has 0 heterocycles. The van der Waals surface area contributed by atoms with Gasteiger partial charge in [0.1, 0.15) is 5.75 Å². The van der Waals surface area contributed by atoms with Crippen LogP contribution < -0.4 is 4.74 Å². The molecule has 0 fully saturated rings. The molecule has 1 heteroatoms. The van der Waals surface area contributed by atoms with Crippen LogP contribution >= 0.6 is 0 Å². The number of allylic oxidation sites excluding steroid dienone is 2. The fourth-order valence-corrected chi connectivity index (χ4v) is 1.51. The predicted octanol–water partition coefficient (Wildman–Crippen LogP) is 4.15. The summed E-state index contributed by atoms with van der Waals surface area (Å²) in [6.45, 7) is 6.72. The van der Waals surface area contributed by atoms with E-state index in [-0.39, 0.29) is 0 Å². The minimum absolute atomic E-state index is 0.694. The van der Waals surface area contributed by atoms with Crippen LogP contribution in [0.15, 0.2) is 30.4 Å². The van der Waals surface area contributed by atoms with Gasteiger partial charge in [0.05, 0.1) is 6.61 Å². The van der Waals surface area contributed by atoms with Gasteiger partial charge >= 0.3 is 0 Å². The number of hydrogen-bond acceptors (Lipinski definition) is 1. The Labute approximate surface area is 92.1 Å². The summed E-state index contributed by atoms with van der Waals surface area (Å²) in [5.41, 5.74) is 2.27. The van der Waals surface area contributed by atoms with Gasteiger partial charge in [-0.2, -0.15) is 0 Å². The fourth-order valence-electron chi connectivity index (χ4n) is 1.51. The molecule has 0 radical (unpaired) electrons.